The first kappa shape index (κ1) is 19.0. The molecule has 1 aliphatic heterocycles. The molecule has 2 aromatic rings. The van der Waals surface area contributed by atoms with E-state index in [1.807, 2.05) is 31.2 Å². The van der Waals surface area contributed by atoms with E-state index in [0.29, 0.717) is 32.5 Å². The zero-order valence-electron chi connectivity index (χ0n) is 15.9. The number of ether oxygens (including phenoxy) is 1. The van der Waals surface area contributed by atoms with E-state index < -0.39 is 0 Å². The second-order valence-corrected chi connectivity index (χ2v) is 6.81. The maximum atomic E-state index is 12.4. The van der Waals surface area contributed by atoms with Gasteiger partial charge in [0.2, 0.25) is 11.8 Å². The lowest BCUT2D eigenvalue weighted by Crippen LogP contribution is -2.36. The molecular weight excluding hydrogens is 340 g/mol. The van der Waals surface area contributed by atoms with Crippen LogP contribution in [0, 0.1) is 5.92 Å². The van der Waals surface area contributed by atoms with Crippen LogP contribution in [0.3, 0.4) is 0 Å². The number of carbonyl (C=O) groups excluding carboxylic acids is 2. The van der Waals surface area contributed by atoms with E-state index in [2.05, 4.69) is 29.6 Å². The highest BCUT2D eigenvalue weighted by atomic mass is 16.5. The summed E-state index contributed by atoms with van der Waals surface area (Å²) in [7, 11) is 1.66. The van der Waals surface area contributed by atoms with Gasteiger partial charge in [0, 0.05) is 26.1 Å². The summed E-state index contributed by atoms with van der Waals surface area (Å²) in [6.45, 7) is 3.46. The summed E-state index contributed by atoms with van der Waals surface area (Å²) in [4.78, 5) is 26.2. The summed E-state index contributed by atoms with van der Waals surface area (Å²) in [6.07, 6.45) is 1.10. The van der Waals surface area contributed by atoms with Crippen molar-refractivity contribution in [2.45, 2.75) is 19.8 Å². The Morgan fingerprint density at radius 2 is 1.74 bits per heavy atom. The van der Waals surface area contributed by atoms with Gasteiger partial charge in [0.05, 0.1) is 13.0 Å². The Labute approximate surface area is 160 Å². The van der Waals surface area contributed by atoms with Gasteiger partial charge in [-0.3, -0.25) is 9.59 Å². The lowest BCUT2D eigenvalue weighted by atomic mass is 9.96. The predicted molar refractivity (Wildman–Crippen MR) is 106 cm³/mol. The van der Waals surface area contributed by atoms with Crippen molar-refractivity contribution >= 4 is 11.8 Å². The fourth-order valence-corrected chi connectivity index (χ4v) is 3.41. The molecule has 1 heterocycles. The zero-order chi connectivity index (χ0) is 19.2. The molecule has 1 saturated heterocycles. The molecule has 142 valence electrons. The molecule has 2 aromatic carbocycles. The van der Waals surface area contributed by atoms with Crippen molar-refractivity contribution in [3.05, 3.63) is 54.1 Å². The third-order valence-electron chi connectivity index (χ3n) is 5.01. The molecule has 3 rings (SSSR count). The van der Waals surface area contributed by atoms with Crippen molar-refractivity contribution in [2.24, 2.45) is 5.92 Å². The summed E-state index contributed by atoms with van der Waals surface area (Å²) in [5.41, 5.74) is 3.34. The first-order valence-electron chi connectivity index (χ1n) is 9.39. The molecule has 1 aliphatic rings. The highest BCUT2D eigenvalue weighted by molar-refractivity contribution is 5.82. The smallest absolute Gasteiger partial charge is 0.225 e. The number of benzene rings is 2. The fraction of sp³-hybridized carbons (Fsp3) is 0.364. The highest BCUT2D eigenvalue weighted by Crippen LogP contribution is 2.23. The van der Waals surface area contributed by atoms with Gasteiger partial charge in [0.1, 0.15) is 5.75 Å². The van der Waals surface area contributed by atoms with Crippen LogP contribution >= 0.6 is 0 Å². The van der Waals surface area contributed by atoms with Gasteiger partial charge >= 0.3 is 0 Å². The van der Waals surface area contributed by atoms with Gasteiger partial charge < -0.3 is 15.0 Å². The van der Waals surface area contributed by atoms with Crippen LogP contribution in [0.25, 0.3) is 11.1 Å². The van der Waals surface area contributed by atoms with Crippen molar-refractivity contribution in [1.82, 2.24) is 10.2 Å². The Hall–Kier alpha value is -2.82. The number of carbonyl (C=O) groups is 2. The van der Waals surface area contributed by atoms with Crippen molar-refractivity contribution < 1.29 is 14.3 Å². The Kier molecular flexibility index (Phi) is 6.12. The molecule has 0 bridgehead atoms. The number of rotatable bonds is 5. The molecule has 0 aliphatic carbocycles. The van der Waals surface area contributed by atoms with E-state index in [-0.39, 0.29) is 17.7 Å². The average molecular weight is 366 g/mol. The molecule has 1 unspecified atom stereocenters. The topological polar surface area (TPSA) is 58.6 Å². The minimum absolute atomic E-state index is 0.0284. The van der Waals surface area contributed by atoms with Crippen LogP contribution in [0.4, 0.5) is 0 Å². The standard InChI is InChI=1S/C22H26N2O3/c1-3-21(25)24-13-12-23-22(26)19(15-24)14-16-4-6-17(7-5-16)18-8-10-20(27-2)11-9-18/h4-11,19H,3,12-15H2,1-2H3,(H,23,26). The maximum Gasteiger partial charge on any atom is 0.225 e. The van der Waals surface area contributed by atoms with E-state index in [4.69, 9.17) is 4.74 Å². The molecule has 1 atom stereocenters. The monoisotopic (exact) mass is 366 g/mol. The molecule has 2 amide bonds. The minimum Gasteiger partial charge on any atom is -0.497 e. The van der Waals surface area contributed by atoms with Gasteiger partial charge in [0.25, 0.3) is 0 Å². The first-order chi connectivity index (χ1) is 13.1. The predicted octanol–water partition coefficient (Wildman–Crippen LogP) is 2.89. The van der Waals surface area contributed by atoms with E-state index in [9.17, 15) is 9.59 Å². The summed E-state index contributed by atoms with van der Waals surface area (Å²) < 4.78 is 5.20. The number of amides is 2. The molecule has 0 saturated carbocycles. The quantitative estimate of drug-likeness (QED) is 0.885. The Balaban J connectivity index is 1.70. The largest absolute Gasteiger partial charge is 0.497 e. The highest BCUT2D eigenvalue weighted by Gasteiger charge is 2.27. The molecule has 0 radical (unpaired) electrons. The van der Waals surface area contributed by atoms with Gasteiger partial charge in [0.15, 0.2) is 0 Å². The number of nitrogens with zero attached hydrogens (tertiary/aromatic N) is 1. The Morgan fingerprint density at radius 1 is 1.11 bits per heavy atom. The lowest BCUT2D eigenvalue weighted by molar-refractivity contribution is -0.131. The van der Waals surface area contributed by atoms with Gasteiger partial charge in [-0.2, -0.15) is 0 Å². The maximum absolute atomic E-state index is 12.4. The van der Waals surface area contributed by atoms with E-state index in [0.717, 1.165) is 22.4 Å². The van der Waals surface area contributed by atoms with Gasteiger partial charge in [-0.25, -0.2) is 0 Å². The summed E-state index contributed by atoms with van der Waals surface area (Å²) in [6, 6.07) is 16.2. The van der Waals surface area contributed by atoms with Gasteiger partial charge in [-0.05, 0) is 35.2 Å². The molecule has 5 heteroatoms. The minimum atomic E-state index is -0.213. The number of hydrogen-bond donors (Lipinski definition) is 1. The van der Waals surface area contributed by atoms with E-state index >= 15 is 0 Å². The normalized spacial score (nSPS) is 17.2. The van der Waals surface area contributed by atoms with Crippen molar-refractivity contribution in [2.75, 3.05) is 26.7 Å². The molecule has 0 aromatic heterocycles. The second kappa shape index (κ2) is 8.71. The second-order valence-electron chi connectivity index (χ2n) is 6.81. The molecular formula is C22H26N2O3. The van der Waals surface area contributed by atoms with E-state index in [1.54, 1.807) is 12.0 Å². The third kappa shape index (κ3) is 4.67. The lowest BCUT2D eigenvalue weighted by Gasteiger charge is -2.22. The number of methoxy groups -OCH3 is 1. The van der Waals surface area contributed by atoms with Gasteiger partial charge in [-0.15, -0.1) is 0 Å². The Morgan fingerprint density at radius 3 is 2.33 bits per heavy atom. The van der Waals surface area contributed by atoms with Crippen LogP contribution in [0.5, 0.6) is 5.75 Å². The summed E-state index contributed by atoms with van der Waals surface area (Å²) >= 11 is 0. The van der Waals surface area contributed by atoms with Crippen molar-refractivity contribution in [3.8, 4) is 16.9 Å². The summed E-state index contributed by atoms with van der Waals surface area (Å²) in [5.74, 6) is 0.753. The third-order valence-corrected chi connectivity index (χ3v) is 5.01. The summed E-state index contributed by atoms with van der Waals surface area (Å²) in [5, 5.41) is 2.93. The first-order valence-corrected chi connectivity index (χ1v) is 9.39. The number of hydrogen-bond acceptors (Lipinski definition) is 3. The SMILES string of the molecule is CCC(=O)N1CCNC(=O)C(Cc2ccc(-c3ccc(OC)cc3)cc2)C1. The van der Waals surface area contributed by atoms with Crippen LogP contribution in [-0.4, -0.2) is 43.5 Å². The fourth-order valence-electron chi connectivity index (χ4n) is 3.41. The van der Waals surface area contributed by atoms with Crippen LogP contribution in [0.15, 0.2) is 48.5 Å². The van der Waals surface area contributed by atoms with E-state index in [1.165, 1.54) is 0 Å². The molecule has 5 nitrogen and oxygen atoms in total. The van der Waals surface area contributed by atoms with Crippen LogP contribution < -0.4 is 10.1 Å². The molecule has 27 heavy (non-hydrogen) atoms. The number of nitrogens with one attached hydrogen (secondary N) is 1. The van der Waals surface area contributed by atoms with Gasteiger partial charge in [-0.1, -0.05) is 43.3 Å². The molecule has 0 spiro atoms. The zero-order valence-corrected chi connectivity index (χ0v) is 15.9. The van der Waals surface area contributed by atoms with Crippen LogP contribution in [0.1, 0.15) is 18.9 Å². The van der Waals surface area contributed by atoms with Crippen LogP contribution in [0.2, 0.25) is 0 Å². The Bertz CT molecular complexity index is 784. The van der Waals surface area contributed by atoms with Crippen LogP contribution in [-0.2, 0) is 16.0 Å². The molecule has 1 fully saturated rings. The van der Waals surface area contributed by atoms with Crippen molar-refractivity contribution in [1.29, 1.82) is 0 Å². The average Bonchev–Trinajstić information content (AvgIpc) is 2.89. The molecule has 1 N–H and O–H groups in total. The van der Waals surface area contributed by atoms with Crippen molar-refractivity contribution in [3.63, 3.8) is 0 Å².